The molecule has 0 radical (unpaired) electrons. The lowest BCUT2D eigenvalue weighted by molar-refractivity contribution is -0.110. The summed E-state index contributed by atoms with van der Waals surface area (Å²) in [6.45, 7) is 0.124. The van der Waals surface area contributed by atoms with E-state index in [2.05, 4.69) is 0 Å². The van der Waals surface area contributed by atoms with Crippen LogP contribution in [-0.2, 0) is 4.79 Å². The van der Waals surface area contributed by atoms with Crippen molar-refractivity contribution >= 4 is 28.2 Å². The van der Waals surface area contributed by atoms with Crippen LogP contribution in [0.1, 0.15) is 0 Å². The first kappa shape index (κ1) is 11.1. The topological polar surface area (TPSA) is 29.5 Å². The van der Waals surface area contributed by atoms with Crippen molar-refractivity contribution in [2.24, 2.45) is 0 Å². The summed E-state index contributed by atoms with van der Waals surface area (Å²) in [5, 5.41) is -0.401. The molecule has 0 saturated carbocycles. The molecule has 0 aliphatic carbocycles. The molecule has 0 bridgehead atoms. The second-order valence-electron chi connectivity index (χ2n) is 3.98. The van der Waals surface area contributed by atoms with E-state index in [0.29, 0.717) is 0 Å². The van der Waals surface area contributed by atoms with Gasteiger partial charge in [-0.2, -0.15) is 0 Å². The van der Waals surface area contributed by atoms with Gasteiger partial charge in [0.1, 0.15) is 0 Å². The lowest BCUT2D eigenvalue weighted by Gasteiger charge is -2.31. The molecule has 2 aromatic rings. The van der Waals surface area contributed by atoms with E-state index in [-0.39, 0.29) is 6.54 Å². The van der Waals surface area contributed by atoms with Gasteiger partial charge < -0.3 is 9.64 Å². The second-order valence-corrected chi connectivity index (χ2v) is 4.40. The number of nitrogens with zero attached hydrogens (tertiary/aromatic N) is 1. The summed E-state index contributed by atoms with van der Waals surface area (Å²) >= 11 is 5.52. The zero-order chi connectivity index (χ0) is 12.5. The molecule has 0 saturated heterocycles. The van der Waals surface area contributed by atoms with Gasteiger partial charge in [0, 0.05) is 0 Å². The van der Waals surface area contributed by atoms with Crippen LogP contribution in [0.25, 0.3) is 0 Å². The second kappa shape index (κ2) is 4.35. The van der Waals surface area contributed by atoms with Gasteiger partial charge in [-0.1, -0.05) is 24.3 Å². The van der Waals surface area contributed by atoms with Crippen LogP contribution in [0.15, 0.2) is 48.5 Å². The average molecular weight is 260 g/mol. The molecule has 18 heavy (non-hydrogen) atoms. The van der Waals surface area contributed by atoms with Crippen LogP contribution in [0.2, 0.25) is 0 Å². The van der Waals surface area contributed by atoms with E-state index in [1.165, 1.54) is 0 Å². The Labute approximate surface area is 110 Å². The first-order chi connectivity index (χ1) is 8.75. The highest BCUT2D eigenvalue weighted by atomic mass is 35.5. The molecule has 3 nitrogen and oxygen atoms in total. The third kappa shape index (κ3) is 1.83. The number of halogens is 1. The minimum absolute atomic E-state index is 0.124. The van der Waals surface area contributed by atoms with Gasteiger partial charge in [-0.05, 0) is 35.9 Å². The van der Waals surface area contributed by atoms with E-state index in [4.69, 9.17) is 16.3 Å². The minimum atomic E-state index is -0.401. The van der Waals surface area contributed by atoms with E-state index in [0.717, 1.165) is 22.9 Å². The maximum atomic E-state index is 11.2. The van der Waals surface area contributed by atoms with Crippen LogP contribution < -0.4 is 9.64 Å². The average Bonchev–Trinajstić information content (AvgIpc) is 2.38. The number of para-hydroxylation sites is 4. The fourth-order valence-electron chi connectivity index (χ4n) is 2.08. The molecule has 2 aromatic carbocycles. The molecule has 0 amide bonds. The highest BCUT2D eigenvalue weighted by Gasteiger charge is 2.24. The van der Waals surface area contributed by atoms with Crippen molar-refractivity contribution in [1.82, 2.24) is 0 Å². The zero-order valence-corrected chi connectivity index (χ0v) is 10.2. The SMILES string of the molecule is O=C(Cl)CN1c2ccccc2Oc2ccccc21. The third-order valence-electron chi connectivity index (χ3n) is 2.81. The number of rotatable bonds is 2. The Bertz CT molecular complexity index is 567. The molecule has 4 heteroatoms. The molecule has 0 N–H and O–H groups in total. The number of carbonyl (C=O) groups is 1. The summed E-state index contributed by atoms with van der Waals surface area (Å²) in [5.41, 5.74) is 1.70. The molecule has 1 aliphatic rings. The summed E-state index contributed by atoms with van der Waals surface area (Å²) in [4.78, 5) is 13.1. The molecule has 0 atom stereocenters. The number of ether oxygens (including phenoxy) is 1. The van der Waals surface area contributed by atoms with Gasteiger partial charge in [-0.3, -0.25) is 4.79 Å². The Morgan fingerprint density at radius 2 is 1.50 bits per heavy atom. The van der Waals surface area contributed by atoms with Gasteiger partial charge in [0.05, 0.1) is 17.9 Å². The van der Waals surface area contributed by atoms with Gasteiger partial charge in [-0.15, -0.1) is 0 Å². The van der Waals surface area contributed by atoms with Crippen molar-refractivity contribution in [3.05, 3.63) is 48.5 Å². The molecule has 1 heterocycles. The Balaban J connectivity index is 2.14. The smallest absolute Gasteiger partial charge is 0.241 e. The number of carbonyl (C=O) groups excluding carboxylic acids is 1. The van der Waals surface area contributed by atoms with E-state index < -0.39 is 5.24 Å². The van der Waals surface area contributed by atoms with Gasteiger partial charge in [0.15, 0.2) is 11.5 Å². The monoisotopic (exact) mass is 259 g/mol. The van der Waals surface area contributed by atoms with Crippen LogP contribution in [-0.4, -0.2) is 11.8 Å². The molecule has 0 spiro atoms. The summed E-state index contributed by atoms with van der Waals surface area (Å²) in [7, 11) is 0. The lowest BCUT2D eigenvalue weighted by Crippen LogP contribution is -2.25. The minimum Gasteiger partial charge on any atom is -0.453 e. The van der Waals surface area contributed by atoms with Crippen molar-refractivity contribution < 1.29 is 9.53 Å². The predicted octanol–water partition coefficient (Wildman–Crippen LogP) is 3.70. The molecule has 1 aliphatic heterocycles. The molecule has 90 valence electrons. The Morgan fingerprint density at radius 3 is 2.00 bits per heavy atom. The van der Waals surface area contributed by atoms with Crippen molar-refractivity contribution in [3.8, 4) is 11.5 Å². The Kier molecular flexibility index (Phi) is 2.68. The normalized spacial score (nSPS) is 12.4. The highest BCUT2D eigenvalue weighted by Crippen LogP contribution is 2.45. The van der Waals surface area contributed by atoms with E-state index in [1.807, 2.05) is 53.4 Å². The largest absolute Gasteiger partial charge is 0.453 e. The predicted molar refractivity (Wildman–Crippen MR) is 70.8 cm³/mol. The standard InChI is InChI=1S/C14H10ClNO2/c15-14(17)9-16-10-5-1-3-7-12(10)18-13-8-4-2-6-11(13)16/h1-8H,9H2. The first-order valence-corrected chi connectivity index (χ1v) is 5.95. The summed E-state index contributed by atoms with van der Waals surface area (Å²) in [5.74, 6) is 1.46. The Morgan fingerprint density at radius 1 is 1.00 bits per heavy atom. The van der Waals surface area contributed by atoms with E-state index >= 15 is 0 Å². The molecular weight excluding hydrogens is 250 g/mol. The lowest BCUT2D eigenvalue weighted by atomic mass is 10.1. The van der Waals surface area contributed by atoms with Gasteiger partial charge >= 0.3 is 0 Å². The quantitative estimate of drug-likeness (QED) is 0.771. The van der Waals surface area contributed by atoms with Crippen molar-refractivity contribution in [1.29, 1.82) is 0 Å². The highest BCUT2D eigenvalue weighted by molar-refractivity contribution is 6.64. The van der Waals surface area contributed by atoms with Gasteiger partial charge in [-0.25, -0.2) is 0 Å². The fraction of sp³-hybridized carbons (Fsp3) is 0.0714. The number of hydrogen-bond donors (Lipinski definition) is 0. The number of anilines is 2. The number of fused-ring (bicyclic) bond motifs is 2. The summed E-state index contributed by atoms with van der Waals surface area (Å²) in [6, 6.07) is 15.2. The van der Waals surface area contributed by atoms with E-state index in [9.17, 15) is 4.79 Å². The number of hydrogen-bond acceptors (Lipinski definition) is 3. The maximum absolute atomic E-state index is 11.2. The Hall–Kier alpha value is -2.00. The summed E-state index contributed by atoms with van der Waals surface area (Å²) in [6.07, 6.45) is 0. The molecule has 0 unspecified atom stereocenters. The first-order valence-electron chi connectivity index (χ1n) is 5.57. The van der Waals surface area contributed by atoms with Crippen molar-refractivity contribution in [2.75, 3.05) is 11.4 Å². The van der Waals surface area contributed by atoms with Gasteiger partial charge in [0.25, 0.3) is 0 Å². The number of benzene rings is 2. The molecular formula is C14H10ClNO2. The van der Waals surface area contributed by atoms with Crippen LogP contribution in [0, 0.1) is 0 Å². The zero-order valence-electron chi connectivity index (χ0n) is 9.47. The summed E-state index contributed by atoms with van der Waals surface area (Å²) < 4.78 is 5.79. The van der Waals surface area contributed by atoms with Crippen LogP contribution in [0.4, 0.5) is 11.4 Å². The van der Waals surface area contributed by atoms with E-state index in [1.54, 1.807) is 0 Å². The molecule has 0 fully saturated rings. The van der Waals surface area contributed by atoms with Crippen LogP contribution in [0.5, 0.6) is 11.5 Å². The fourth-order valence-corrected chi connectivity index (χ4v) is 2.20. The van der Waals surface area contributed by atoms with Crippen molar-refractivity contribution in [3.63, 3.8) is 0 Å². The molecule has 0 aromatic heterocycles. The third-order valence-corrected chi connectivity index (χ3v) is 2.93. The van der Waals surface area contributed by atoms with Crippen LogP contribution >= 0.6 is 11.6 Å². The van der Waals surface area contributed by atoms with Crippen molar-refractivity contribution in [2.45, 2.75) is 0 Å². The van der Waals surface area contributed by atoms with Crippen LogP contribution in [0.3, 0.4) is 0 Å². The van der Waals surface area contributed by atoms with Gasteiger partial charge in [0.2, 0.25) is 5.24 Å². The maximum Gasteiger partial charge on any atom is 0.241 e. The molecule has 3 rings (SSSR count).